The Bertz CT molecular complexity index is 1290. The van der Waals surface area contributed by atoms with Gasteiger partial charge in [0.25, 0.3) is 0 Å². The molecule has 2 N–H and O–H groups in total. The summed E-state index contributed by atoms with van der Waals surface area (Å²) in [7, 11) is -3.65. The number of nitrogens with one attached hydrogen (secondary N) is 1. The van der Waals surface area contributed by atoms with E-state index in [4.69, 9.17) is 16.7 Å². The van der Waals surface area contributed by atoms with Gasteiger partial charge in [-0.3, -0.25) is 9.78 Å². The van der Waals surface area contributed by atoms with Crippen molar-refractivity contribution in [1.82, 2.24) is 9.71 Å². The fourth-order valence-electron chi connectivity index (χ4n) is 4.03. The molecule has 0 spiro atoms. The number of carboxylic acid groups (broad SMARTS) is 1. The Balaban J connectivity index is 1.55. The van der Waals surface area contributed by atoms with E-state index in [0.29, 0.717) is 24.3 Å². The number of halogens is 1. The van der Waals surface area contributed by atoms with Crippen molar-refractivity contribution in [2.24, 2.45) is 0 Å². The molecular weight excluding hydrogens is 460 g/mol. The maximum atomic E-state index is 12.8. The van der Waals surface area contributed by atoms with Gasteiger partial charge in [-0.15, -0.1) is 0 Å². The number of carbonyl (C=O) groups is 1. The maximum Gasteiger partial charge on any atom is 0.303 e. The first-order chi connectivity index (χ1) is 15.8. The average Bonchev–Trinajstić information content (AvgIpc) is 3.18. The molecule has 8 heteroatoms. The number of carboxylic acids is 1. The SMILES string of the molecule is O=C(O)CC/C=C(\c1cccnc1)c1ccc2c(c1)CC(NS(=O)(=O)c1ccc(Cl)cc1)C2. The second-order valence-corrected chi connectivity index (χ2v) is 10.1. The number of benzene rings is 2. The number of rotatable bonds is 8. The van der Waals surface area contributed by atoms with Gasteiger partial charge in [-0.05, 0) is 71.9 Å². The van der Waals surface area contributed by atoms with Gasteiger partial charge in [0.15, 0.2) is 0 Å². The van der Waals surface area contributed by atoms with Gasteiger partial charge in [0.1, 0.15) is 0 Å². The summed E-state index contributed by atoms with van der Waals surface area (Å²) in [5.41, 5.74) is 4.94. The molecule has 3 aromatic rings. The quantitative estimate of drug-likeness (QED) is 0.493. The molecule has 0 fully saturated rings. The molecule has 0 bridgehead atoms. The zero-order chi connectivity index (χ0) is 23.4. The summed E-state index contributed by atoms with van der Waals surface area (Å²) in [6.07, 6.45) is 6.99. The summed E-state index contributed by atoms with van der Waals surface area (Å²) in [6, 6.07) is 15.7. The topological polar surface area (TPSA) is 96.4 Å². The van der Waals surface area contributed by atoms with Crippen LogP contribution in [0.4, 0.5) is 0 Å². The van der Waals surface area contributed by atoms with Crippen molar-refractivity contribution in [3.05, 3.63) is 100 Å². The van der Waals surface area contributed by atoms with Crippen LogP contribution in [-0.4, -0.2) is 30.5 Å². The molecule has 1 aromatic heterocycles. The number of pyridine rings is 1. The zero-order valence-corrected chi connectivity index (χ0v) is 19.3. The van der Waals surface area contributed by atoms with Crippen molar-refractivity contribution in [2.75, 3.05) is 0 Å². The molecular formula is C25H23ClN2O4S. The van der Waals surface area contributed by atoms with E-state index in [2.05, 4.69) is 15.8 Å². The molecule has 1 unspecified atom stereocenters. The highest BCUT2D eigenvalue weighted by Gasteiger charge is 2.27. The van der Waals surface area contributed by atoms with Gasteiger partial charge in [-0.25, -0.2) is 13.1 Å². The molecule has 0 aliphatic heterocycles. The van der Waals surface area contributed by atoms with Crippen LogP contribution in [0.5, 0.6) is 0 Å². The van der Waals surface area contributed by atoms with Gasteiger partial charge in [-0.2, -0.15) is 0 Å². The van der Waals surface area contributed by atoms with E-state index in [9.17, 15) is 13.2 Å². The number of fused-ring (bicyclic) bond motifs is 1. The van der Waals surface area contributed by atoms with Crippen molar-refractivity contribution in [1.29, 1.82) is 0 Å². The predicted octanol–water partition coefficient (Wildman–Crippen LogP) is 4.48. The van der Waals surface area contributed by atoms with Gasteiger partial charge >= 0.3 is 5.97 Å². The lowest BCUT2D eigenvalue weighted by Crippen LogP contribution is -2.35. The molecule has 170 valence electrons. The minimum Gasteiger partial charge on any atom is -0.481 e. The van der Waals surface area contributed by atoms with E-state index in [0.717, 1.165) is 27.8 Å². The third-order valence-corrected chi connectivity index (χ3v) is 7.36. The van der Waals surface area contributed by atoms with Gasteiger partial charge in [0.05, 0.1) is 4.90 Å². The van der Waals surface area contributed by atoms with E-state index >= 15 is 0 Å². The van der Waals surface area contributed by atoms with E-state index < -0.39 is 16.0 Å². The van der Waals surface area contributed by atoms with Crippen molar-refractivity contribution in [3.63, 3.8) is 0 Å². The molecule has 33 heavy (non-hydrogen) atoms. The van der Waals surface area contributed by atoms with Crippen LogP contribution in [0.3, 0.4) is 0 Å². The number of hydrogen-bond acceptors (Lipinski definition) is 4. The monoisotopic (exact) mass is 482 g/mol. The highest BCUT2D eigenvalue weighted by molar-refractivity contribution is 7.89. The van der Waals surface area contributed by atoms with Crippen LogP contribution in [0.15, 0.2) is 78.0 Å². The van der Waals surface area contributed by atoms with Gasteiger partial charge in [-0.1, -0.05) is 41.9 Å². The lowest BCUT2D eigenvalue weighted by molar-refractivity contribution is -0.136. The molecule has 0 amide bonds. The number of aliphatic carboxylic acids is 1. The van der Waals surface area contributed by atoms with Gasteiger partial charge in [0.2, 0.25) is 10.0 Å². The molecule has 0 saturated heterocycles. The minimum absolute atomic E-state index is 0.0449. The number of hydrogen-bond donors (Lipinski definition) is 2. The van der Waals surface area contributed by atoms with Crippen molar-refractivity contribution >= 4 is 33.2 Å². The Labute approximate surface area is 198 Å². The Kier molecular flexibility index (Phi) is 6.93. The van der Waals surface area contributed by atoms with Crippen LogP contribution >= 0.6 is 11.6 Å². The maximum absolute atomic E-state index is 12.8. The van der Waals surface area contributed by atoms with Crippen LogP contribution < -0.4 is 4.72 Å². The Morgan fingerprint density at radius 1 is 1.09 bits per heavy atom. The standard InChI is InChI=1S/C25H23ClN2O4S/c26-21-8-10-23(11-9-21)33(31,32)28-22-14-17-6-7-18(13-20(17)15-22)24(4-1-5-25(29)30)19-3-2-12-27-16-19/h2-4,6-13,16,22,28H,1,5,14-15H2,(H,29,30)/b24-4-. The lowest BCUT2D eigenvalue weighted by atomic mass is 9.95. The normalized spacial score (nSPS) is 15.9. The second-order valence-electron chi connectivity index (χ2n) is 7.96. The third kappa shape index (κ3) is 5.68. The van der Waals surface area contributed by atoms with E-state index in [1.807, 2.05) is 30.3 Å². The summed E-state index contributed by atoms with van der Waals surface area (Å²) in [5, 5.41) is 9.49. The summed E-state index contributed by atoms with van der Waals surface area (Å²) >= 11 is 5.87. The first kappa shape index (κ1) is 23.2. The number of nitrogens with zero attached hydrogens (tertiary/aromatic N) is 1. The summed E-state index contributed by atoms with van der Waals surface area (Å²) in [5.74, 6) is -0.846. The molecule has 0 saturated carbocycles. The largest absolute Gasteiger partial charge is 0.481 e. The van der Waals surface area contributed by atoms with E-state index in [-0.39, 0.29) is 17.4 Å². The van der Waals surface area contributed by atoms with Crippen molar-refractivity contribution in [2.45, 2.75) is 36.6 Å². The number of sulfonamides is 1. The molecule has 6 nitrogen and oxygen atoms in total. The summed E-state index contributed by atoms with van der Waals surface area (Å²) in [4.78, 5) is 15.3. The van der Waals surface area contributed by atoms with Crippen LogP contribution in [0.1, 0.15) is 35.1 Å². The van der Waals surface area contributed by atoms with E-state index in [1.54, 1.807) is 24.5 Å². The zero-order valence-electron chi connectivity index (χ0n) is 17.7. The fraction of sp³-hybridized carbons (Fsp3) is 0.200. The third-order valence-electron chi connectivity index (χ3n) is 5.57. The fourth-order valence-corrected chi connectivity index (χ4v) is 5.40. The average molecular weight is 483 g/mol. The molecule has 1 heterocycles. The lowest BCUT2D eigenvalue weighted by Gasteiger charge is -2.12. The second kappa shape index (κ2) is 9.87. The number of allylic oxidation sites excluding steroid dienone is 1. The summed E-state index contributed by atoms with van der Waals surface area (Å²) < 4.78 is 28.3. The minimum atomic E-state index is -3.65. The Morgan fingerprint density at radius 3 is 2.55 bits per heavy atom. The molecule has 2 aromatic carbocycles. The van der Waals surface area contributed by atoms with Crippen LogP contribution in [-0.2, 0) is 27.7 Å². The molecule has 0 radical (unpaired) electrons. The predicted molar refractivity (Wildman–Crippen MR) is 128 cm³/mol. The van der Waals surface area contributed by atoms with E-state index in [1.165, 1.54) is 12.1 Å². The van der Waals surface area contributed by atoms with Crippen LogP contribution in [0, 0.1) is 0 Å². The van der Waals surface area contributed by atoms with Crippen molar-refractivity contribution < 1.29 is 18.3 Å². The van der Waals surface area contributed by atoms with Crippen LogP contribution in [0.25, 0.3) is 5.57 Å². The first-order valence-corrected chi connectivity index (χ1v) is 12.4. The molecule has 1 atom stereocenters. The number of aromatic nitrogens is 1. The summed E-state index contributed by atoms with van der Waals surface area (Å²) in [6.45, 7) is 0. The highest BCUT2D eigenvalue weighted by Crippen LogP contribution is 2.30. The first-order valence-electron chi connectivity index (χ1n) is 10.5. The van der Waals surface area contributed by atoms with Gasteiger partial charge in [0, 0.05) is 35.4 Å². The molecule has 4 rings (SSSR count). The Morgan fingerprint density at radius 2 is 1.85 bits per heavy atom. The van der Waals surface area contributed by atoms with Gasteiger partial charge < -0.3 is 5.11 Å². The molecule has 1 aliphatic carbocycles. The van der Waals surface area contributed by atoms with Crippen molar-refractivity contribution in [3.8, 4) is 0 Å². The Hall–Kier alpha value is -3.00. The van der Waals surface area contributed by atoms with Crippen LogP contribution in [0.2, 0.25) is 5.02 Å². The smallest absolute Gasteiger partial charge is 0.303 e. The molecule has 1 aliphatic rings. The highest BCUT2D eigenvalue weighted by atomic mass is 35.5.